The molecule has 3 rings (SSSR count). The fraction of sp³-hybridized carbons (Fsp3) is 0.333. The molecule has 30 heavy (non-hydrogen) atoms. The molecule has 9 heteroatoms. The van der Waals surface area contributed by atoms with E-state index in [1.165, 1.54) is 17.0 Å². The van der Waals surface area contributed by atoms with E-state index < -0.39 is 27.4 Å². The summed E-state index contributed by atoms with van der Waals surface area (Å²) < 4.78 is 38.4. The minimum atomic E-state index is -3.69. The number of nitrogens with one attached hydrogen (secondary N) is 1. The fourth-order valence-corrected chi connectivity index (χ4v) is 4.40. The summed E-state index contributed by atoms with van der Waals surface area (Å²) in [5, 5.41) is 2.76. The summed E-state index contributed by atoms with van der Waals surface area (Å²) in [4.78, 5) is 27.7. The largest absolute Gasteiger partial charge is 0.350 e. The number of benzene rings is 2. The summed E-state index contributed by atoms with van der Waals surface area (Å²) in [7, 11) is -3.69. The minimum absolute atomic E-state index is 0.114. The van der Waals surface area contributed by atoms with Crippen molar-refractivity contribution in [1.82, 2.24) is 9.62 Å². The average molecular weight is 434 g/mol. The molecule has 1 unspecified atom stereocenters. The van der Waals surface area contributed by atoms with E-state index in [4.69, 9.17) is 0 Å². The Hall–Kier alpha value is -2.78. The number of carbonyl (C=O) groups is 2. The Balaban J connectivity index is 1.96. The first-order chi connectivity index (χ1) is 14.0. The molecule has 0 saturated carbocycles. The lowest BCUT2D eigenvalue weighted by atomic mass is 9.93. The molecular formula is C21H24FN3O4S. The van der Waals surface area contributed by atoms with E-state index in [-0.39, 0.29) is 25.5 Å². The van der Waals surface area contributed by atoms with Crippen LogP contribution in [0.4, 0.5) is 10.1 Å². The van der Waals surface area contributed by atoms with Crippen LogP contribution in [0.5, 0.6) is 0 Å². The van der Waals surface area contributed by atoms with E-state index in [0.717, 1.165) is 16.1 Å². The van der Waals surface area contributed by atoms with Gasteiger partial charge in [-0.05, 0) is 43.2 Å². The van der Waals surface area contributed by atoms with Gasteiger partial charge < -0.3 is 5.32 Å². The van der Waals surface area contributed by atoms with Gasteiger partial charge in [-0.2, -0.15) is 4.31 Å². The number of para-hydroxylation sites is 1. The third-order valence-electron chi connectivity index (χ3n) is 5.22. The van der Waals surface area contributed by atoms with Crippen LogP contribution in [0.15, 0.2) is 48.5 Å². The number of piperazine rings is 1. The van der Waals surface area contributed by atoms with Crippen LogP contribution >= 0.6 is 0 Å². The first-order valence-corrected chi connectivity index (χ1v) is 11.2. The van der Waals surface area contributed by atoms with Crippen LogP contribution in [0.1, 0.15) is 18.1 Å². The van der Waals surface area contributed by atoms with Crippen molar-refractivity contribution in [3.05, 3.63) is 65.5 Å². The maximum Gasteiger partial charge on any atom is 0.247 e. The van der Waals surface area contributed by atoms with Gasteiger partial charge in [0.05, 0.1) is 12.8 Å². The summed E-state index contributed by atoms with van der Waals surface area (Å²) in [6.07, 6.45) is 1.01. The smallest absolute Gasteiger partial charge is 0.247 e. The molecule has 2 aromatic rings. The lowest BCUT2D eigenvalue weighted by molar-refractivity contribution is -0.133. The standard InChI is InChI=1S/C21H24FN3O4S/c1-15-6-4-5-7-18(15)25-19(26)13-24(30(3,28)29)14-21(25,2)20(27)23-12-16-8-10-17(22)11-9-16/h4-11H,12-14H2,1-3H3,(H,23,27). The first kappa shape index (κ1) is 21.9. The first-order valence-electron chi connectivity index (χ1n) is 9.39. The quantitative estimate of drug-likeness (QED) is 0.779. The van der Waals surface area contributed by atoms with Crippen molar-refractivity contribution in [3.63, 3.8) is 0 Å². The third-order valence-corrected chi connectivity index (χ3v) is 6.42. The maximum absolute atomic E-state index is 13.3. The summed E-state index contributed by atoms with van der Waals surface area (Å²) in [6, 6.07) is 12.8. The molecule has 160 valence electrons. The van der Waals surface area contributed by atoms with Gasteiger partial charge in [0.2, 0.25) is 21.8 Å². The van der Waals surface area contributed by atoms with Crippen molar-refractivity contribution in [3.8, 4) is 0 Å². The summed E-state index contributed by atoms with van der Waals surface area (Å²) in [5.41, 5.74) is 0.550. The minimum Gasteiger partial charge on any atom is -0.350 e. The van der Waals surface area contributed by atoms with Gasteiger partial charge in [0.15, 0.2) is 0 Å². The topological polar surface area (TPSA) is 86.8 Å². The molecule has 2 aromatic carbocycles. The van der Waals surface area contributed by atoms with Crippen molar-refractivity contribution >= 4 is 27.5 Å². The van der Waals surface area contributed by atoms with Gasteiger partial charge in [-0.3, -0.25) is 14.5 Å². The summed E-state index contributed by atoms with van der Waals surface area (Å²) in [6.45, 7) is 2.97. The molecule has 1 aliphatic rings. The molecule has 7 nitrogen and oxygen atoms in total. The van der Waals surface area contributed by atoms with Crippen LogP contribution in [0.2, 0.25) is 0 Å². The Morgan fingerprint density at radius 3 is 2.40 bits per heavy atom. The second-order valence-electron chi connectivity index (χ2n) is 7.63. The van der Waals surface area contributed by atoms with Gasteiger partial charge in [0, 0.05) is 18.8 Å². The number of carbonyl (C=O) groups excluding carboxylic acids is 2. The van der Waals surface area contributed by atoms with Crippen molar-refractivity contribution in [2.45, 2.75) is 25.9 Å². The molecule has 1 fully saturated rings. The second-order valence-corrected chi connectivity index (χ2v) is 9.61. The number of amides is 2. The molecule has 1 aliphatic heterocycles. The Labute approximate surface area is 175 Å². The van der Waals surface area contributed by atoms with Gasteiger partial charge in [-0.25, -0.2) is 12.8 Å². The zero-order chi connectivity index (χ0) is 22.1. The molecule has 0 spiro atoms. The van der Waals surface area contributed by atoms with Crippen molar-refractivity contribution in [2.24, 2.45) is 0 Å². The van der Waals surface area contributed by atoms with Crippen molar-refractivity contribution in [1.29, 1.82) is 0 Å². The number of rotatable bonds is 5. The van der Waals surface area contributed by atoms with Gasteiger partial charge >= 0.3 is 0 Å². The Morgan fingerprint density at radius 2 is 1.80 bits per heavy atom. The number of hydrogen-bond donors (Lipinski definition) is 1. The third kappa shape index (κ3) is 4.36. The predicted octanol–water partition coefficient (Wildman–Crippen LogP) is 1.82. The number of nitrogens with zero attached hydrogens (tertiary/aromatic N) is 2. The number of aryl methyl sites for hydroxylation is 1. The fourth-order valence-electron chi connectivity index (χ4n) is 3.56. The van der Waals surface area contributed by atoms with Crippen molar-refractivity contribution < 1.29 is 22.4 Å². The Morgan fingerprint density at radius 1 is 1.17 bits per heavy atom. The number of anilines is 1. The highest BCUT2D eigenvalue weighted by molar-refractivity contribution is 7.88. The van der Waals surface area contributed by atoms with Crippen LogP contribution in [-0.4, -0.2) is 49.4 Å². The molecule has 0 radical (unpaired) electrons. The van der Waals surface area contributed by atoms with Gasteiger partial charge in [-0.15, -0.1) is 0 Å². The summed E-state index contributed by atoms with van der Waals surface area (Å²) >= 11 is 0. The van der Waals surface area contributed by atoms with Crippen LogP contribution in [0.3, 0.4) is 0 Å². The Bertz CT molecular complexity index is 1070. The summed E-state index contributed by atoms with van der Waals surface area (Å²) in [5.74, 6) is -1.37. The zero-order valence-electron chi connectivity index (χ0n) is 17.1. The van der Waals surface area contributed by atoms with E-state index in [1.807, 2.05) is 19.1 Å². The molecule has 1 saturated heterocycles. The molecule has 0 aliphatic carbocycles. The molecule has 1 atom stereocenters. The molecule has 0 aromatic heterocycles. The highest BCUT2D eigenvalue weighted by Gasteiger charge is 2.50. The lowest BCUT2D eigenvalue weighted by Gasteiger charge is -2.46. The van der Waals surface area contributed by atoms with E-state index in [1.54, 1.807) is 31.2 Å². The van der Waals surface area contributed by atoms with Crippen LogP contribution in [-0.2, 0) is 26.2 Å². The van der Waals surface area contributed by atoms with E-state index in [2.05, 4.69) is 5.32 Å². The maximum atomic E-state index is 13.3. The highest BCUT2D eigenvalue weighted by Crippen LogP contribution is 2.32. The monoisotopic (exact) mass is 433 g/mol. The molecule has 1 heterocycles. The van der Waals surface area contributed by atoms with E-state index >= 15 is 0 Å². The van der Waals surface area contributed by atoms with E-state index in [0.29, 0.717) is 11.3 Å². The molecule has 0 bridgehead atoms. The highest BCUT2D eigenvalue weighted by atomic mass is 32.2. The van der Waals surface area contributed by atoms with Gasteiger partial charge in [0.25, 0.3) is 0 Å². The van der Waals surface area contributed by atoms with Crippen molar-refractivity contribution in [2.75, 3.05) is 24.2 Å². The predicted molar refractivity (Wildman–Crippen MR) is 112 cm³/mol. The lowest BCUT2D eigenvalue weighted by Crippen LogP contribution is -2.70. The number of sulfonamides is 1. The Kier molecular flexibility index (Phi) is 5.96. The molecule has 2 amide bonds. The second kappa shape index (κ2) is 8.16. The SMILES string of the molecule is Cc1ccccc1N1C(=O)CN(S(C)(=O)=O)CC1(C)C(=O)NCc1ccc(F)cc1. The van der Waals surface area contributed by atoms with Gasteiger partial charge in [0.1, 0.15) is 11.4 Å². The normalized spacial score (nSPS) is 20.3. The van der Waals surface area contributed by atoms with E-state index in [9.17, 15) is 22.4 Å². The number of halogens is 1. The molecular weight excluding hydrogens is 409 g/mol. The molecule has 1 N–H and O–H groups in total. The van der Waals surface area contributed by atoms with Gasteiger partial charge in [-0.1, -0.05) is 30.3 Å². The average Bonchev–Trinajstić information content (AvgIpc) is 2.67. The van der Waals surface area contributed by atoms with Crippen LogP contribution < -0.4 is 10.2 Å². The number of hydrogen-bond acceptors (Lipinski definition) is 4. The van der Waals surface area contributed by atoms with Crippen LogP contribution in [0, 0.1) is 12.7 Å². The zero-order valence-corrected chi connectivity index (χ0v) is 17.9. The van der Waals surface area contributed by atoms with Crippen LogP contribution in [0.25, 0.3) is 0 Å².